The van der Waals surface area contributed by atoms with Gasteiger partial charge in [-0.15, -0.1) is 0 Å². The van der Waals surface area contributed by atoms with Crippen LogP contribution >= 0.6 is 0 Å². The van der Waals surface area contributed by atoms with Gasteiger partial charge in [0.25, 0.3) is 0 Å². The molecule has 14 heavy (non-hydrogen) atoms. The topological polar surface area (TPSA) is 50.4 Å². The molecule has 2 aliphatic rings. The minimum atomic E-state index is 0.496. The zero-order valence-corrected chi connectivity index (χ0v) is 9.05. The quantitative estimate of drug-likeness (QED) is 0.529. The molecule has 2 aliphatic carbocycles. The highest BCUT2D eigenvalue weighted by Gasteiger charge is 2.34. The molecule has 0 unspecified atom stereocenters. The minimum absolute atomic E-state index is 0.496. The van der Waals surface area contributed by atoms with Gasteiger partial charge in [0.05, 0.1) is 0 Å². The first kappa shape index (κ1) is 9.81. The first-order valence-electron chi connectivity index (χ1n) is 5.81. The summed E-state index contributed by atoms with van der Waals surface area (Å²) in [5.41, 5.74) is 6.29. The smallest absolute Gasteiger partial charge is 0.188 e. The molecule has 3 nitrogen and oxygen atoms in total. The highest BCUT2D eigenvalue weighted by molar-refractivity contribution is 5.78. The average molecular weight is 195 g/mol. The molecule has 0 bridgehead atoms. The highest BCUT2D eigenvalue weighted by atomic mass is 15.1. The second-order valence-electron chi connectivity index (χ2n) is 4.83. The molecule has 0 amide bonds. The minimum Gasteiger partial charge on any atom is -0.370 e. The zero-order chi connectivity index (χ0) is 10.0. The second-order valence-corrected chi connectivity index (χ2v) is 4.83. The van der Waals surface area contributed by atoms with Gasteiger partial charge in [-0.25, -0.2) is 0 Å². The number of guanidine groups is 1. The number of hydrogen-bond acceptors (Lipinski definition) is 1. The van der Waals surface area contributed by atoms with E-state index in [1.807, 2.05) is 0 Å². The van der Waals surface area contributed by atoms with Crippen molar-refractivity contribution in [2.75, 3.05) is 6.54 Å². The first-order chi connectivity index (χ1) is 6.74. The summed E-state index contributed by atoms with van der Waals surface area (Å²) in [4.78, 5) is 4.45. The van der Waals surface area contributed by atoms with Gasteiger partial charge in [-0.1, -0.05) is 13.3 Å². The molecule has 0 spiro atoms. The number of nitrogens with one attached hydrogen (secondary N) is 1. The fourth-order valence-electron chi connectivity index (χ4n) is 2.04. The van der Waals surface area contributed by atoms with E-state index in [0.29, 0.717) is 17.4 Å². The molecular formula is C11H21N3. The molecule has 80 valence electrons. The van der Waals surface area contributed by atoms with E-state index in [-0.39, 0.29) is 0 Å². The molecule has 0 aliphatic heterocycles. The van der Waals surface area contributed by atoms with Crippen molar-refractivity contribution in [3.63, 3.8) is 0 Å². The lowest BCUT2D eigenvalue weighted by Gasteiger charge is -2.40. The third-order valence-corrected chi connectivity index (χ3v) is 3.68. The van der Waals surface area contributed by atoms with Crippen molar-refractivity contribution in [1.29, 1.82) is 0 Å². The Morgan fingerprint density at radius 1 is 1.50 bits per heavy atom. The second kappa shape index (κ2) is 3.79. The molecule has 3 heteroatoms. The van der Waals surface area contributed by atoms with Gasteiger partial charge in [-0.05, 0) is 37.5 Å². The number of nitrogens with two attached hydrogens (primary N) is 1. The molecular weight excluding hydrogens is 174 g/mol. The standard InChI is InChI=1S/C11H21N3/c1-2-11(6-3-7-11)8-13-10(12)14-9-4-5-9/h9H,2-8H2,1H3,(H3,12,13,14). The molecule has 0 atom stereocenters. The Hall–Kier alpha value is -0.730. The van der Waals surface area contributed by atoms with Crippen LogP contribution in [0.4, 0.5) is 0 Å². The summed E-state index contributed by atoms with van der Waals surface area (Å²) in [5.74, 6) is 0.659. The monoisotopic (exact) mass is 195 g/mol. The van der Waals surface area contributed by atoms with Crippen molar-refractivity contribution in [3.8, 4) is 0 Å². The fourth-order valence-corrected chi connectivity index (χ4v) is 2.04. The van der Waals surface area contributed by atoms with Crippen LogP contribution in [0.2, 0.25) is 0 Å². The summed E-state index contributed by atoms with van der Waals surface area (Å²) in [7, 11) is 0. The van der Waals surface area contributed by atoms with E-state index in [4.69, 9.17) is 5.73 Å². The third-order valence-electron chi connectivity index (χ3n) is 3.68. The van der Waals surface area contributed by atoms with E-state index in [2.05, 4.69) is 17.2 Å². The van der Waals surface area contributed by atoms with Gasteiger partial charge < -0.3 is 11.1 Å². The first-order valence-corrected chi connectivity index (χ1v) is 5.81. The van der Waals surface area contributed by atoms with E-state index in [1.165, 1.54) is 38.5 Å². The Kier molecular flexibility index (Phi) is 2.66. The predicted molar refractivity (Wildman–Crippen MR) is 59.2 cm³/mol. The maximum Gasteiger partial charge on any atom is 0.188 e. The highest BCUT2D eigenvalue weighted by Crippen LogP contribution is 2.43. The lowest BCUT2D eigenvalue weighted by Crippen LogP contribution is -2.37. The Balaban J connectivity index is 1.77. The van der Waals surface area contributed by atoms with Crippen LogP contribution in [0.1, 0.15) is 45.4 Å². The summed E-state index contributed by atoms with van der Waals surface area (Å²) < 4.78 is 0. The average Bonchev–Trinajstić information content (AvgIpc) is 2.87. The molecule has 0 heterocycles. The number of rotatable bonds is 4. The Morgan fingerprint density at radius 3 is 2.64 bits per heavy atom. The van der Waals surface area contributed by atoms with Crippen LogP contribution in [-0.2, 0) is 0 Å². The maximum atomic E-state index is 5.79. The molecule has 2 fully saturated rings. The van der Waals surface area contributed by atoms with Crippen LogP contribution in [0.25, 0.3) is 0 Å². The summed E-state index contributed by atoms with van der Waals surface area (Å²) in [6.45, 7) is 3.19. The molecule has 2 rings (SSSR count). The maximum absolute atomic E-state index is 5.79. The van der Waals surface area contributed by atoms with Gasteiger partial charge in [0.1, 0.15) is 0 Å². The van der Waals surface area contributed by atoms with Crippen LogP contribution in [0, 0.1) is 5.41 Å². The molecule has 3 N–H and O–H groups in total. The predicted octanol–water partition coefficient (Wildman–Crippen LogP) is 1.63. The number of aliphatic imine (C=N–C) groups is 1. The van der Waals surface area contributed by atoms with Crippen LogP contribution in [0.5, 0.6) is 0 Å². The Morgan fingerprint density at radius 2 is 2.21 bits per heavy atom. The van der Waals surface area contributed by atoms with Crippen LogP contribution < -0.4 is 11.1 Å². The molecule has 0 aromatic carbocycles. The molecule has 0 aromatic rings. The Bertz CT molecular complexity index is 221. The van der Waals surface area contributed by atoms with Crippen molar-refractivity contribution in [2.24, 2.45) is 16.1 Å². The van der Waals surface area contributed by atoms with Gasteiger partial charge in [0, 0.05) is 12.6 Å². The van der Waals surface area contributed by atoms with Gasteiger partial charge in [0.15, 0.2) is 5.96 Å². The number of hydrogen-bond donors (Lipinski definition) is 2. The van der Waals surface area contributed by atoms with Crippen molar-refractivity contribution in [2.45, 2.75) is 51.5 Å². The van der Waals surface area contributed by atoms with Gasteiger partial charge >= 0.3 is 0 Å². The van der Waals surface area contributed by atoms with E-state index >= 15 is 0 Å². The molecule has 0 aromatic heterocycles. The third kappa shape index (κ3) is 2.20. The molecule has 0 saturated heterocycles. The van der Waals surface area contributed by atoms with E-state index in [9.17, 15) is 0 Å². The molecule has 0 radical (unpaired) electrons. The van der Waals surface area contributed by atoms with Crippen molar-refractivity contribution in [1.82, 2.24) is 5.32 Å². The Labute approximate surface area is 86.2 Å². The largest absolute Gasteiger partial charge is 0.370 e. The normalized spacial score (nSPS) is 25.6. The summed E-state index contributed by atoms with van der Waals surface area (Å²) in [6, 6.07) is 0.623. The van der Waals surface area contributed by atoms with Gasteiger partial charge in [-0.3, -0.25) is 4.99 Å². The lowest BCUT2D eigenvalue weighted by molar-refractivity contribution is 0.139. The van der Waals surface area contributed by atoms with E-state index < -0.39 is 0 Å². The summed E-state index contributed by atoms with van der Waals surface area (Å²) in [5, 5.41) is 3.23. The van der Waals surface area contributed by atoms with Crippen molar-refractivity contribution < 1.29 is 0 Å². The van der Waals surface area contributed by atoms with Gasteiger partial charge in [-0.2, -0.15) is 0 Å². The van der Waals surface area contributed by atoms with Crippen LogP contribution in [0.15, 0.2) is 4.99 Å². The zero-order valence-electron chi connectivity index (χ0n) is 9.05. The lowest BCUT2D eigenvalue weighted by atomic mass is 9.67. The SMILES string of the molecule is CCC1(CN=C(N)NC2CC2)CCC1. The van der Waals surface area contributed by atoms with Crippen molar-refractivity contribution >= 4 is 5.96 Å². The van der Waals surface area contributed by atoms with E-state index in [1.54, 1.807) is 0 Å². The summed E-state index contributed by atoms with van der Waals surface area (Å²) in [6.07, 6.45) is 7.81. The van der Waals surface area contributed by atoms with Crippen molar-refractivity contribution in [3.05, 3.63) is 0 Å². The van der Waals surface area contributed by atoms with Crippen LogP contribution in [-0.4, -0.2) is 18.5 Å². The van der Waals surface area contributed by atoms with Crippen LogP contribution in [0.3, 0.4) is 0 Å². The van der Waals surface area contributed by atoms with E-state index in [0.717, 1.165) is 6.54 Å². The molecule has 2 saturated carbocycles. The fraction of sp³-hybridized carbons (Fsp3) is 0.909. The van der Waals surface area contributed by atoms with Gasteiger partial charge in [0.2, 0.25) is 0 Å². The number of nitrogens with zero attached hydrogens (tertiary/aromatic N) is 1. The summed E-state index contributed by atoms with van der Waals surface area (Å²) >= 11 is 0.